The number of rotatable bonds is 2. The van der Waals surface area contributed by atoms with Gasteiger partial charge in [0.05, 0.1) is 7.11 Å². The number of aryl methyl sites for hydroxylation is 1. The number of hydrogen-bond donors (Lipinski definition) is 0. The van der Waals surface area contributed by atoms with Gasteiger partial charge in [0.1, 0.15) is 6.61 Å². The lowest BCUT2D eigenvalue weighted by Gasteiger charge is -2.02. The van der Waals surface area contributed by atoms with Gasteiger partial charge in [-0.15, -0.1) is 0 Å². The molecule has 0 aliphatic rings. The molecule has 3 heteroatoms. The van der Waals surface area contributed by atoms with Crippen LogP contribution in [-0.2, 0) is 16.1 Å². The van der Waals surface area contributed by atoms with E-state index in [4.69, 9.17) is 4.74 Å². The summed E-state index contributed by atoms with van der Waals surface area (Å²) in [6, 6.07) is 7.77. The van der Waals surface area contributed by atoms with E-state index < -0.39 is 6.16 Å². The van der Waals surface area contributed by atoms with Crippen molar-refractivity contribution in [2.24, 2.45) is 0 Å². The second-order valence-corrected chi connectivity index (χ2v) is 2.73. The Balaban J connectivity index is 2.46. The van der Waals surface area contributed by atoms with Gasteiger partial charge < -0.3 is 9.47 Å². The number of carbonyl (C=O) groups is 1. The van der Waals surface area contributed by atoms with E-state index in [-0.39, 0.29) is 6.61 Å². The summed E-state index contributed by atoms with van der Waals surface area (Å²) in [6.45, 7) is 2.26. The number of hydrogen-bond acceptors (Lipinski definition) is 3. The second-order valence-electron chi connectivity index (χ2n) is 2.73. The molecule has 0 aromatic heterocycles. The Labute approximate surface area is 77.3 Å². The molecule has 13 heavy (non-hydrogen) atoms. The maximum absolute atomic E-state index is 10.6. The van der Waals surface area contributed by atoms with E-state index in [1.807, 2.05) is 31.2 Å². The fourth-order valence-electron chi connectivity index (χ4n) is 0.885. The Bertz CT molecular complexity index is 277. The van der Waals surface area contributed by atoms with E-state index in [0.29, 0.717) is 0 Å². The van der Waals surface area contributed by atoms with Crippen LogP contribution in [0.1, 0.15) is 11.1 Å². The standard InChI is InChI=1S/C10H12O3/c1-8-3-5-9(6-4-8)7-13-10(11)12-2/h3-6H,7H2,1-2H3. The van der Waals surface area contributed by atoms with Crippen LogP contribution in [0, 0.1) is 6.92 Å². The molecular weight excluding hydrogens is 168 g/mol. The van der Waals surface area contributed by atoms with Crippen LogP contribution >= 0.6 is 0 Å². The summed E-state index contributed by atoms with van der Waals surface area (Å²) >= 11 is 0. The van der Waals surface area contributed by atoms with Gasteiger partial charge in [-0.2, -0.15) is 0 Å². The van der Waals surface area contributed by atoms with Crippen LogP contribution in [0.3, 0.4) is 0 Å². The first kappa shape index (κ1) is 9.58. The first-order valence-electron chi connectivity index (χ1n) is 3.98. The third kappa shape index (κ3) is 3.15. The number of carbonyl (C=O) groups excluding carboxylic acids is 1. The Kier molecular flexibility index (Phi) is 3.31. The summed E-state index contributed by atoms with van der Waals surface area (Å²) in [6.07, 6.45) is -0.652. The maximum atomic E-state index is 10.6. The molecule has 70 valence electrons. The van der Waals surface area contributed by atoms with E-state index in [9.17, 15) is 4.79 Å². The highest BCUT2D eigenvalue weighted by Gasteiger charge is 2.00. The average molecular weight is 180 g/mol. The Morgan fingerprint density at radius 3 is 2.46 bits per heavy atom. The lowest BCUT2D eigenvalue weighted by molar-refractivity contribution is 0.0669. The van der Waals surface area contributed by atoms with E-state index in [1.165, 1.54) is 12.7 Å². The molecule has 1 rings (SSSR count). The van der Waals surface area contributed by atoms with Crippen LogP contribution < -0.4 is 0 Å². The van der Waals surface area contributed by atoms with Gasteiger partial charge in [-0.25, -0.2) is 4.79 Å². The topological polar surface area (TPSA) is 35.5 Å². The fraction of sp³-hybridized carbons (Fsp3) is 0.300. The van der Waals surface area contributed by atoms with Crippen LogP contribution in [0.4, 0.5) is 4.79 Å². The zero-order chi connectivity index (χ0) is 9.68. The Morgan fingerprint density at radius 2 is 1.92 bits per heavy atom. The fourth-order valence-corrected chi connectivity index (χ4v) is 0.885. The summed E-state index contributed by atoms with van der Waals surface area (Å²) in [5.41, 5.74) is 2.14. The smallest absolute Gasteiger partial charge is 0.438 e. The minimum Gasteiger partial charge on any atom is -0.438 e. The van der Waals surface area contributed by atoms with Gasteiger partial charge in [0.25, 0.3) is 0 Å². The quantitative estimate of drug-likeness (QED) is 0.655. The molecule has 0 aliphatic heterocycles. The highest BCUT2D eigenvalue weighted by molar-refractivity contribution is 5.59. The third-order valence-corrected chi connectivity index (χ3v) is 1.64. The van der Waals surface area contributed by atoms with Gasteiger partial charge in [0.15, 0.2) is 0 Å². The normalized spacial score (nSPS) is 9.38. The molecule has 1 aromatic carbocycles. The summed E-state index contributed by atoms with van der Waals surface area (Å²) in [5, 5.41) is 0. The monoisotopic (exact) mass is 180 g/mol. The molecule has 0 heterocycles. The summed E-state index contributed by atoms with van der Waals surface area (Å²) in [7, 11) is 1.29. The highest BCUT2D eigenvalue weighted by atomic mass is 16.7. The summed E-state index contributed by atoms with van der Waals surface area (Å²) in [5.74, 6) is 0. The first-order chi connectivity index (χ1) is 6.22. The molecule has 0 bridgehead atoms. The molecule has 0 spiro atoms. The van der Waals surface area contributed by atoms with E-state index in [2.05, 4.69) is 4.74 Å². The van der Waals surface area contributed by atoms with Gasteiger partial charge in [0.2, 0.25) is 0 Å². The SMILES string of the molecule is COC(=O)OCc1ccc(C)cc1. The van der Waals surface area contributed by atoms with Gasteiger partial charge in [-0.1, -0.05) is 29.8 Å². The number of methoxy groups -OCH3 is 1. The van der Waals surface area contributed by atoms with Crippen LogP contribution in [0.15, 0.2) is 24.3 Å². The molecule has 0 saturated heterocycles. The largest absolute Gasteiger partial charge is 0.508 e. The van der Waals surface area contributed by atoms with Crippen LogP contribution in [0.2, 0.25) is 0 Å². The molecule has 1 aromatic rings. The molecule has 0 unspecified atom stereocenters. The molecular formula is C10H12O3. The molecule has 0 fully saturated rings. The van der Waals surface area contributed by atoms with Gasteiger partial charge >= 0.3 is 6.16 Å². The zero-order valence-corrected chi connectivity index (χ0v) is 7.74. The minimum atomic E-state index is -0.652. The van der Waals surface area contributed by atoms with Crippen molar-refractivity contribution in [1.82, 2.24) is 0 Å². The molecule has 0 aliphatic carbocycles. The predicted octanol–water partition coefficient (Wildman–Crippen LogP) is 2.28. The maximum Gasteiger partial charge on any atom is 0.508 e. The lowest BCUT2D eigenvalue weighted by Crippen LogP contribution is -2.03. The third-order valence-electron chi connectivity index (χ3n) is 1.64. The number of benzene rings is 1. The van der Waals surface area contributed by atoms with Crippen molar-refractivity contribution in [2.75, 3.05) is 7.11 Å². The molecule has 0 radical (unpaired) electrons. The molecule has 0 amide bonds. The minimum absolute atomic E-state index is 0.257. The van der Waals surface area contributed by atoms with Crippen molar-refractivity contribution in [3.05, 3.63) is 35.4 Å². The predicted molar refractivity (Wildman–Crippen MR) is 48.4 cm³/mol. The average Bonchev–Trinajstić information content (AvgIpc) is 2.16. The summed E-state index contributed by atoms with van der Waals surface area (Å²) < 4.78 is 9.09. The van der Waals surface area contributed by atoms with Crippen LogP contribution in [0.5, 0.6) is 0 Å². The van der Waals surface area contributed by atoms with E-state index >= 15 is 0 Å². The first-order valence-corrected chi connectivity index (χ1v) is 3.98. The summed E-state index contributed by atoms with van der Waals surface area (Å²) in [4.78, 5) is 10.6. The van der Waals surface area contributed by atoms with Crippen molar-refractivity contribution in [3.63, 3.8) is 0 Å². The molecule has 0 N–H and O–H groups in total. The van der Waals surface area contributed by atoms with E-state index in [0.717, 1.165) is 5.56 Å². The molecule has 0 saturated carbocycles. The van der Waals surface area contributed by atoms with Gasteiger partial charge in [-0.05, 0) is 12.5 Å². The van der Waals surface area contributed by atoms with Crippen molar-refractivity contribution in [2.45, 2.75) is 13.5 Å². The van der Waals surface area contributed by atoms with Crippen LogP contribution in [-0.4, -0.2) is 13.3 Å². The van der Waals surface area contributed by atoms with Crippen molar-refractivity contribution in [1.29, 1.82) is 0 Å². The van der Waals surface area contributed by atoms with Gasteiger partial charge in [0, 0.05) is 0 Å². The Hall–Kier alpha value is -1.51. The van der Waals surface area contributed by atoms with Crippen molar-refractivity contribution >= 4 is 6.16 Å². The second kappa shape index (κ2) is 4.50. The molecule has 3 nitrogen and oxygen atoms in total. The number of ether oxygens (including phenoxy) is 2. The van der Waals surface area contributed by atoms with Gasteiger partial charge in [-0.3, -0.25) is 0 Å². The lowest BCUT2D eigenvalue weighted by atomic mass is 10.2. The van der Waals surface area contributed by atoms with E-state index in [1.54, 1.807) is 0 Å². The zero-order valence-electron chi connectivity index (χ0n) is 7.74. The van der Waals surface area contributed by atoms with Crippen LogP contribution in [0.25, 0.3) is 0 Å². The van der Waals surface area contributed by atoms with Crippen molar-refractivity contribution < 1.29 is 14.3 Å². The van der Waals surface area contributed by atoms with Crippen molar-refractivity contribution in [3.8, 4) is 0 Å². The molecule has 0 atom stereocenters. The highest BCUT2D eigenvalue weighted by Crippen LogP contribution is 2.04. The Morgan fingerprint density at radius 1 is 1.31 bits per heavy atom.